The van der Waals surface area contributed by atoms with Gasteiger partial charge in [0.2, 0.25) is 11.8 Å². The van der Waals surface area contributed by atoms with Gasteiger partial charge in [0.15, 0.2) is 5.78 Å². The predicted octanol–water partition coefficient (Wildman–Crippen LogP) is 4.82. The second kappa shape index (κ2) is 15.6. The average molecular weight is 575 g/mol. The van der Waals surface area contributed by atoms with Gasteiger partial charge in [-0.3, -0.25) is 14.4 Å². The van der Waals surface area contributed by atoms with Crippen LogP contribution in [-0.4, -0.2) is 46.8 Å². The molecular formula is C33H42N4O5. The number of para-hydroxylation sites is 1. The highest BCUT2D eigenvalue weighted by atomic mass is 16.5. The van der Waals surface area contributed by atoms with Crippen LogP contribution in [-0.2, 0) is 32.1 Å². The van der Waals surface area contributed by atoms with E-state index >= 15 is 0 Å². The Morgan fingerprint density at radius 2 is 1.45 bits per heavy atom. The second-order valence-corrected chi connectivity index (χ2v) is 10.7. The van der Waals surface area contributed by atoms with Crippen molar-refractivity contribution in [1.29, 1.82) is 0 Å². The molecule has 0 bridgehead atoms. The number of amides is 3. The van der Waals surface area contributed by atoms with E-state index in [0.717, 1.165) is 22.0 Å². The summed E-state index contributed by atoms with van der Waals surface area (Å²) >= 11 is 0. The summed E-state index contributed by atoms with van der Waals surface area (Å²) in [7, 11) is 0. The first kappa shape index (κ1) is 32.1. The fraction of sp³-hybridized carbons (Fsp3) is 0.394. The number of aromatic nitrogens is 1. The highest BCUT2D eigenvalue weighted by Crippen LogP contribution is 2.20. The first-order valence-corrected chi connectivity index (χ1v) is 14.5. The number of ether oxygens (including phenoxy) is 1. The first-order chi connectivity index (χ1) is 20.2. The van der Waals surface area contributed by atoms with Crippen LogP contribution >= 0.6 is 0 Å². The SMILES string of the molecule is C=CC(=O)[C@H](Cc1c[nH]c2ccccc12)NC(=O)[C@@H](NC(=O)[C@@H](NC(=O)OCc1ccccc1)[C@@H](C)CC)[C@@H](C)CC. The number of ketones is 1. The lowest BCUT2D eigenvalue weighted by Gasteiger charge is -2.29. The number of alkyl carbamates (subject to hydrolysis) is 1. The Balaban J connectivity index is 1.73. The molecule has 2 aromatic carbocycles. The smallest absolute Gasteiger partial charge is 0.408 e. The Kier molecular flexibility index (Phi) is 11.9. The molecule has 5 atom stereocenters. The van der Waals surface area contributed by atoms with E-state index in [-0.39, 0.29) is 30.6 Å². The van der Waals surface area contributed by atoms with Crippen LogP contribution in [0.3, 0.4) is 0 Å². The maximum Gasteiger partial charge on any atom is 0.408 e. The predicted molar refractivity (Wildman–Crippen MR) is 164 cm³/mol. The molecule has 0 radical (unpaired) electrons. The van der Waals surface area contributed by atoms with Crippen LogP contribution in [0.1, 0.15) is 51.7 Å². The number of carbonyl (C=O) groups excluding carboxylic acids is 4. The first-order valence-electron chi connectivity index (χ1n) is 14.5. The summed E-state index contributed by atoms with van der Waals surface area (Å²) in [6.07, 6.45) is 3.76. The van der Waals surface area contributed by atoms with Crippen molar-refractivity contribution >= 4 is 34.6 Å². The molecule has 0 spiro atoms. The van der Waals surface area contributed by atoms with E-state index in [9.17, 15) is 19.2 Å². The number of rotatable bonds is 15. The van der Waals surface area contributed by atoms with Crippen molar-refractivity contribution in [2.45, 2.75) is 71.7 Å². The molecule has 0 saturated heterocycles. The summed E-state index contributed by atoms with van der Waals surface area (Å²) < 4.78 is 5.34. The molecule has 3 amide bonds. The van der Waals surface area contributed by atoms with Gasteiger partial charge in [0.1, 0.15) is 18.7 Å². The fourth-order valence-electron chi connectivity index (χ4n) is 4.69. The molecule has 9 heteroatoms. The van der Waals surface area contributed by atoms with Gasteiger partial charge >= 0.3 is 6.09 Å². The number of benzene rings is 2. The highest BCUT2D eigenvalue weighted by molar-refractivity contribution is 5.99. The summed E-state index contributed by atoms with van der Waals surface area (Å²) in [5, 5.41) is 9.34. The van der Waals surface area contributed by atoms with E-state index in [0.29, 0.717) is 12.8 Å². The normalized spacial score (nSPS) is 14.6. The largest absolute Gasteiger partial charge is 0.445 e. The molecule has 0 aliphatic heterocycles. The molecule has 0 aliphatic carbocycles. The Morgan fingerprint density at radius 1 is 0.857 bits per heavy atom. The summed E-state index contributed by atoms with van der Waals surface area (Å²) in [5.74, 6) is -1.78. The van der Waals surface area contributed by atoms with Gasteiger partial charge < -0.3 is 25.7 Å². The van der Waals surface area contributed by atoms with Crippen molar-refractivity contribution in [3.05, 3.63) is 84.6 Å². The molecule has 3 rings (SSSR count). The van der Waals surface area contributed by atoms with Crippen LogP contribution in [0.15, 0.2) is 73.4 Å². The van der Waals surface area contributed by atoms with E-state index in [1.807, 2.05) is 88.5 Å². The van der Waals surface area contributed by atoms with E-state index in [4.69, 9.17) is 4.74 Å². The number of fused-ring (bicyclic) bond motifs is 1. The third-order valence-electron chi connectivity index (χ3n) is 7.73. The van der Waals surface area contributed by atoms with E-state index in [1.165, 1.54) is 6.08 Å². The number of carbonyl (C=O) groups is 4. The van der Waals surface area contributed by atoms with Gasteiger partial charge in [0.25, 0.3) is 0 Å². The quantitative estimate of drug-likeness (QED) is 0.193. The minimum Gasteiger partial charge on any atom is -0.445 e. The molecule has 1 aromatic heterocycles. The highest BCUT2D eigenvalue weighted by Gasteiger charge is 2.34. The summed E-state index contributed by atoms with van der Waals surface area (Å²) in [4.78, 5) is 55.8. The molecule has 0 aliphatic rings. The van der Waals surface area contributed by atoms with Gasteiger partial charge in [0, 0.05) is 23.5 Å². The Labute approximate surface area is 247 Å². The standard InChI is InChI=1S/C33H42N4O5/c1-6-21(4)29(31(39)35-27(28(38)8-3)18-24-19-34-26-17-13-12-16-25(24)26)36-32(40)30(22(5)7-2)37-33(41)42-20-23-14-10-9-11-15-23/h8-17,19,21-22,27,29-30,34H,3,6-7,18,20H2,1-2,4-5H3,(H,35,39)(H,36,40)(H,37,41)/t21-,22-,27-,29-,30-/m0/s1. The molecule has 0 saturated carbocycles. The molecular weight excluding hydrogens is 532 g/mol. The monoisotopic (exact) mass is 574 g/mol. The second-order valence-electron chi connectivity index (χ2n) is 10.7. The molecule has 4 N–H and O–H groups in total. The van der Waals surface area contributed by atoms with Crippen molar-refractivity contribution in [2.24, 2.45) is 11.8 Å². The van der Waals surface area contributed by atoms with Gasteiger partial charge in [-0.1, -0.05) is 95.6 Å². The third-order valence-corrected chi connectivity index (χ3v) is 7.73. The summed E-state index contributed by atoms with van der Waals surface area (Å²) in [5.41, 5.74) is 2.63. The van der Waals surface area contributed by atoms with Crippen molar-refractivity contribution < 1.29 is 23.9 Å². The molecule has 0 fully saturated rings. The Hall–Kier alpha value is -4.40. The lowest BCUT2D eigenvalue weighted by atomic mass is 9.94. The molecule has 1 heterocycles. The zero-order valence-corrected chi connectivity index (χ0v) is 24.8. The van der Waals surface area contributed by atoms with Gasteiger partial charge in [-0.25, -0.2) is 4.79 Å². The van der Waals surface area contributed by atoms with Crippen LogP contribution in [0, 0.1) is 11.8 Å². The van der Waals surface area contributed by atoms with Gasteiger partial charge in [0.05, 0.1) is 6.04 Å². The Bertz CT molecular complexity index is 1370. The topological polar surface area (TPSA) is 129 Å². The lowest BCUT2D eigenvalue weighted by Crippen LogP contribution is -2.59. The van der Waals surface area contributed by atoms with Crippen molar-refractivity contribution in [2.75, 3.05) is 0 Å². The number of nitrogens with one attached hydrogen (secondary N) is 4. The van der Waals surface area contributed by atoms with E-state index in [1.54, 1.807) is 0 Å². The van der Waals surface area contributed by atoms with Crippen molar-refractivity contribution in [3.8, 4) is 0 Å². The maximum atomic E-state index is 13.6. The lowest BCUT2D eigenvalue weighted by molar-refractivity contribution is -0.133. The van der Waals surface area contributed by atoms with Gasteiger partial charge in [-0.15, -0.1) is 0 Å². The average Bonchev–Trinajstić information content (AvgIpc) is 3.42. The molecule has 224 valence electrons. The van der Waals surface area contributed by atoms with Crippen molar-refractivity contribution in [1.82, 2.24) is 20.9 Å². The number of hydrogen-bond acceptors (Lipinski definition) is 5. The zero-order valence-electron chi connectivity index (χ0n) is 24.8. The fourth-order valence-corrected chi connectivity index (χ4v) is 4.69. The van der Waals surface area contributed by atoms with Crippen molar-refractivity contribution in [3.63, 3.8) is 0 Å². The third kappa shape index (κ3) is 8.55. The van der Waals surface area contributed by atoms with E-state index in [2.05, 4.69) is 27.5 Å². The number of aromatic amines is 1. The molecule has 0 unspecified atom stereocenters. The zero-order chi connectivity index (χ0) is 30.6. The molecule has 42 heavy (non-hydrogen) atoms. The van der Waals surface area contributed by atoms with Crippen LogP contribution in [0.25, 0.3) is 10.9 Å². The van der Waals surface area contributed by atoms with Gasteiger partial charge in [-0.2, -0.15) is 0 Å². The van der Waals surface area contributed by atoms with E-state index < -0.39 is 36.0 Å². The maximum absolute atomic E-state index is 13.6. The van der Waals surface area contributed by atoms with Crippen LogP contribution in [0.5, 0.6) is 0 Å². The van der Waals surface area contributed by atoms with Crippen LogP contribution in [0.2, 0.25) is 0 Å². The summed E-state index contributed by atoms with van der Waals surface area (Å²) in [6.45, 7) is 11.2. The van der Waals surface area contributed by atoms with Crippen LogP contribution < -0.4 is 16.0 Å². The molecule has 3 aromatic rings. The minimum atomic E-state index is -0.931. The number of hydrogen-bond donors (Lipinski definition) is 4. The number of H-pyrrole nitrogens is 1. The molecule has 9 nitrogen and oxygen atoms in total. The Morgan fingerprint density at radius 3 is 2.10 bits per heavy atom. The summed E-state index contributed by atoms with van der Waals surface area (Å²) in [6, 6.07) is 14.2. The van der Waals surface area contributed by atoms with Crippen LogP contribution in [0.4, 0.5) is 4.79 Å². The van der Waals surface area contributed by atoms with Gasteiger partial charge in [-0.05, 0) is 35.1 Å². The minimum absolute atomic E-state index is 0.0641.